The first-order valence-corrected chi connectivity index (χ1v) is 9.41. The van der Waals surface area contributed by atoms with E-state index in [0.717, 1.165) is 6.07 Å². The Morgan fingerprint density at radius 2 is 1.92 bits per heavy atom. The molecule has 1 unspecified atom stereocenters. The van der Waals surface area contributed by atoms with Crippen molar-refractivity contribution in [3.63, 3.8) is 0 Å². The van der Waals surface area contributed by atoms with Crippen LogP contribution < -0.4 is 10.4 Å². The summed E-state index contributed by atoms with van der Waals surface area (Å²) in [6.07, 6.45) is 0. The van der Waals surface area contributed by atoms with Gasteiger partial charge < -0.3 is 9.09 Å². The summed E-state index contributed by atoms with van der Waals surface area (Å²) in [5.41, 5.74) is -0.382. The minimum Gasteiger partial charge on any atom is -0.331 e. The van der Waals surface area contributed by atoms with E-state index < -0.39 is 29.9 Å². The summed E-state index contributed by atoms with van der Waals surface area (Å²) in [7, 11) is -3.17. The van der Waals surface area contributed by atoms with Gasteiger partial charge in [-0.2, -0.15) is 13.8 Å². The third-order valence-corrected chi connectivity index (χ3v) is 5.42. The Kier molecular flexibility index (Phi) is 4.87. The van der Waals surface area contributed by atoms with Crippen LogP contribution in [0.25, 0.3) is 11.4 Å². The van der Waals surface area contributed by atoms with Crippen LogP contribution in [0.5, 0.6) is 0 Å². The maximum absolute atomic E-state index is 14.4. The summed E-state index contributed by atoms with van der Waals surface area (Å²) in [5, 5.41) is 2.42. The third-order valence-electron chi connectivity index (χ3n) is 2.88. The number of nitrogens with zero attached hydrogens (tertiary/aromatic N) is 2. The zero-order valence-corrected chi connectivity index (χ0v) is 15.1. The maximum atomic E-state index is 14.4. The summed E-state index contributed by atoms with van der Waals surface area (Å²) in [6, 6.07) is 3.69. The Morgan fingerprint density at radius 3 is 2.38 bits per heavy atom. The smallest absolute Gasteiger partial charge is 0.331 e. The lowest BCUT2D eigenvalue weighted by Gasteiger charge is -2.26. The molecule has 0 bridgehead atoms. The predicted octanol–water partition coefficient (Wildman–Crippen LogP) is 4.09. The molecule has 0 radical (unpaired) electrons. The van der Waals surface area contributed by atoms with E-state index in [1.54, 1.807) is 0 Å². The van der Waals surface area contributed by atoms with E-state index in [1.807, 2.05) is 20.8 Å². The monoisotopic (exact) mass is 381 g/mol. The van der Waals surface area contributed by atoms with E-state index in [1.165, 1.54) is 18.8 Å². The van der Waals surface area contributed by atoms with E-state index in [-0.39, 0.29) is 16.7 Å². The van der Waals surface area contributed by atoms with Gasteiger partial charge >= 0.3 is 11.3 Å². The van der Waals surface area contributed by atoms with Crippen molar-refractivity contribution >= 4 is 24.2 Å². The second-order valence-electron chi connectivity index (χ2n) is 6.37. The minimum atomic E-state index is -3.81. The molecule has 1 aromatic heterocycles. The highest BCUT2D eigenvalue weighted by Gasteiger charge is 2.36. The Hall–Kier alpha value is -1.37. The van der Waals surface area contributed by atoms with Crippen molar-refractivity contribution in [2.24, 2.45) is 0 Å². The number of alkyl halides is 3. The first kappa shape index (κ1) is 19.0. The standard InChI is InChI=1S/C14H16ClF3N3O2P/c1-13(2,3)21-24(4,22)10-6-5-8(7-9(10)16)11-19-12(23-20-11)14(15,17)18/h5-7H,1-4H3,(H,21,22). The van der Waals surface area contributed by atoms with Crippen molar-refractivity contribution in [1.82, 2.24) is 15.2 Å². The van der Waals surface area contributed by atoms with Gasteiger partial charge in [0.25, 0.3) is 0 Å². The molecule has 2 rings (SSSR count). The molecule has 0 saturated carbocycles. The lowest BCUT2D eigenvalue weighted by molar-refractivity contribution is 0.0551. The van der Waals surface area contributed by atoms with Crippen LogP contribution in [0.1, 0.15) is 26.7 Å². The summed E-state index contributed by atoms with van der Waals surface area (Å²) >= 11 is 4.79. The van der Waals surface area contributed by atoms with Gasteiger partial charge in [0, 0.05) is 17.8 Å². The maximum Gasteiger partial charge on any atom is 0.400 e. The van der Waals surface area contributed by atoms with E-state index >= 15 is 0 Å². The quantitative estimate of drug-likeness (QED) is 0.638. The first-order chi connectivity index (χ1) is 10.8. The van der Waals surface area contributed by atoms with Crippen LogP contribution in [0, 0.1) is 5.82 Å². The highest BCUT2D eigenvalue weighted by molar-refractivity contribution is 7.69. The fourth-order valence-corrected chi connectivity index (χ4v) is 4.46. The molecule has 0 aliphatic carbocycles. The largest absolute Gasteiger partial charge is 0.400 e. The summed E-state index contributed by atoms with van der Waals surface area (Å²) in [4.78, 5) is 3.43. The van der Waals surface area contributed by atoms with E-state index in [2.05, 4.69) is 19.8 Å². The second-order valence-corrected chi connectivity index (χ2v) is 9.40. The molecule has 1 N–H and O–H groups in total. The molecule has 0 aliphatic heterocycles. The number of rotatable bonds is 4. The molecular weight excluding hydrogens is 366 g/mol. The lowest BCUT2D eigenvalue weighted by Crippen LogP contribution is -2.36. The topological polar surface area (TPSA) is 68.0 Å². The minimum absolute atomic E-state index is 0.00688. The molecule has 1 heterocycles. The molecule has 0 fully saturated rings. The van der Waals surface area contributed by atoms with Crippen molar-refractivity contribution in [1.29, 1.82) is 0 Å². The highest BCUT2D eigenvalue weighted by Crippen LogP contribution is 2.39. The Balaban J connectivity index is 2.37. The van der Waals surface area contributed by atoms with Crippen molar-refractivity contribution in [3.8, 4) is 11.4 Å². The molecule has 5 nitrogen and oxygen atoms in total. The molecule has 0 spiro atoms. The number of hydrogen-bond acceptors (Lipinski definition) is 4. The zero-order valence-electron chi connectivity index (χ0n) is 13.4. The summed E-state index contributed by atoms with van der Waals surface area (Å²) in [5.74, 6) is -2.09. The van der Waals surface area contributed by atoms with Crippen LogP contribution in [0.3, 0.4) is 0 Å². The molecule has 1 aromatic carbocycles. The van der Waals surface area contributed by atoms with E-state index in [9.17, 15) is 17.7 Å². The molecule has 24 heavy (non-hydrogen) atoms. The van der Waals surface area contributed by atoms with Gasteiger partial charge in [-0.05, 0) is 44.5 Å². The van der Waals surface area contributed by atoms with Gasteiger partial charge in [0.05, 0.1) is 5.30 Å². The second kappa shape index (κ2) is 6.17. The molecule has 0 amide bonds. The van der Waals surface area contributed by atoms with Crippen molar-refractivity contribution < 1.29 is 22.3 Å². The van der Waals surface area contributed by atoms with Gasteiger partial charge in [-0.15, -0.1) is 0 Å². The molecule has 132 valence electrons. The van der Waals surface area contributed by atoms with Crippen molar-refractivity contribution in [3.05, 3.63) is 29.9 Å². The van der Waals surface area contributed by atoms with Gasteiger partial charge in [-0.25, -0.2) is 4.39 Å². The average Bonchev–Trinajstić information content (AvgIpc) is 2.84. The Bertz CT molecular complexity index is 799. The van der Waals surface area contributed by atoms with Gasteiger partial charge in [0.15, 0.2) is 7.29 Å². The molecule has 2 aromatic rings. The van der Waals surface area contributed by atoms with Crippen LogP contribution >= 0.6 is 18.9 Å². The zero-order chi connectivity index (χ0) is 18.3. The SMILES string of the molecule is CC(C)(C)NP(C)(=O)c1ccc(-c2noc(C(F)(F)Cl)n2)cc1F. The molecule has 1 atom stereocenters. The Labute approximate surface area is 142 Å². The van der Waals surface area contributed by atoms with Gasteiger partial charge in [-0.1, -0.05) is 11.2 Å². The number of halogens is 4. The van der Waals surface area contributed by atoms with E-state index in [0.29, 0.717) is 0 Å². The summed E-state index contributed by atoms with van der Waals surface area (Å²) in [6.45, 7) is 6.84. The van der Waals surface area contributed by atoms with E-state index in [4.69, 9.17) is 11.6 Å². The fourth-order valence-electron chi connectivity index (χ4n) is 2.15. The Morgan fingerprint density at radius 1 is 1.29 bits per heavy atom. The van der Waals surface area contributed by atoms with Gasteiger partial charge in [0.1, 0.15) is 5.82 Å². The number of nitrogens with one attached hydrogen (secondary N) is 1. The van der Waals surface area contributed by atoms with Gasteiger partial charge in [0.2, 0.25) is 5.82 Å². The van der Waals surface area contributed by atoms with Crippen LogP contribution in [-0.4, -0.2) is 22.3 Å². The molecule has 0 saturated heterocycles. The molecular formula is C14H16ClF3N3O2P. The van der Waals surface area contributed by atoms with Gasteiger partial charge in [-0.3, -0.25) is 5.09 Å². The molecule has 10 heteroatoms. The summed E-state index contributed by atoms with van der Waals surface area (Å²) < 4.78 is 57.2. The molecule has 0 aliphatic rings. The van der Waals surface area contributed by atoms with Crippen molar-refractivity contribution in [2.75, 3.05) is 6.66 Å². The van der Waals surface area contributed by atoms with Crippen molar-refractivity contribution in [2.45, 2.75) is 31.7 Å². The third kappa shape index (κ3) is 4.37. The average molecular weight is 382 g/mol. The first-order valence-electron chi connectivity index (χ1n) is 6.88. The van der Waals surface area contributed by atoms with Crippen LogP contribution in [0.2, 0.25) is 0 Å². The lowest BCUT2D eigenvalue weighted by atomic mass is 10.1. The predicted molar refractivity (Wildman–Crippen MR) is 85.5 cm³/mol. The van der Waals surface area contributed by atoms with Crippen LogP contribution in [0.15, 0.2) is 22.7 Å². The number of hydrogen-bond donors (Lipinski definition) is 1. The normalized spacial score (nSPS) is 15.3. The van der Waals surface area contributed by atoms with Crippen LogP contribution in [0.4, 0.5) is 13.2 Å². The van der Waals surface area contributed by atoms with Crippen LogP contribution in [-0.2, 0) is 9.95 Å². The number of benzene rings is 1. The highest BCUT2D eigenvalue weighted by atomic mass is 35.5. The fraction of sp³-hybridized carbons (Fsp3) is 0.429. The number of aromatic nitrogens is 2.